The van der Waals surface area contributed by atoms with Crippen molar-refractivity contribution in [1.82, 2.24) is 20.6 Å². The number of nitrogens with zero attached hydrogens (tertiary/aromatic N) is 1. The Kier molecular flexibility index (Phi) is 7.20. The Labute approximate surface area is 134 Å². The molecule has 9 nitrogen and oxygen atoms in total. The summed E-state index contributed by atoms with van der Waals surface area (Å²) in [6.07, 6.45) is 3.70. The molecule has 0 aliphatic rings. The van der Waals surface area contributed by atoms with E-state index in [0.29, 0.717) is 12.1 Å². The Hall–Kier alpha value is -2.42. The molecular formula is C14H23N5O4. The Balaban J connectivity index is 2.61. The first kappa shape index (κ1) is 18.6. The van der Waals surface area contributed by atoms with Gasteiger partial charge in [-0.1, -0.05) is 13.8 Å². The van der Waals surface area contributed by atoms with Gasteiger partial charge in [0, 0.05) is 18.3 Å². The molecule has 1 aromatic heterocycles. The number of nitrogens with two attached hydrogens (primary N) is 1. The summed E-state index contributed by atoms with van der Waals surface area (Å²) >= 11 is 0. The molecule has 128 valence electrons. The molecule has 0 aliphatic carbocycles. The van der Waals surface area contributed by atoms with E-state index in [1.807, 2.05) is 13.8 Å². The Morgan fingerprint density at radius 1 is 1.35 bits per heavy atom. The van der Waals surface area contributed by atoms with E-state index in [2.05, 4.69) is 20.6 Å². The van der Waals surface area contributed by atoms with Crippen molar-refractivity contribution in [2.24, 2.45) is 11.7 Å². The SMILES string of the molecule is CC(C)C[C@H](NC(=O)[C@@H](N)Cc1cnc[nH]1)C(=O)NCC(=O)O. The second-order valence-corrected chi connectivity index (χ2v) is 5.69. The van der Waals surface area contributed by atoms with Gasteiger partial charge in [-0.15, -0.1) is 0 Å². The van der Waals surface area contributed by atoms with Gasteiger partial charge in [0.05, 0.1) is 12.4 Å². The summed E-state index contributed by atoms with van der Waals surface area (Å²) < 4.78 is 0. The first-order valence-electron chi connectivity index (χ1n) is 7.32. The van der Waals surface area contributed by atoms with Crippen LogP contribution >= 0.6 is 0 Å². The number of nitrogens with one attached hydrogen (secondary N) is 3. The molecule has 0 aromatic carbocycles. The molecule has 0 saturated carbocycles. The molecule has 0 fully saturated rings. The first-order chi connectivity index (χ1) is 10.8. The van der Waals surface area contributed by atoms with Gasteiger partial charge in [-0.3, -0.25) is 14.4 Å². The van der Waals surface area contributed by atoms with Gasteiger partial charge in [-0.25, -0.2) is 4.98 Å². The molecule has 0 aliphatic heterocycles. The van der Waals surface area contributed by atoms with Gasteiger partial charge in [0.2, 0.25) is 11.8 Å². The molecule has 1 aromatic rings. The highest BCUT2D eigenvalue weighted by Crippen LogP contribution is 2.06. The lowest BCUT2D eigenvalue weighted by atomic mass is 10.0. The molecular weight excluding hydrogens is 302 g/mol. The lowest BCUT2D eigenvalue weighted by molar-refractivity contribution is -0.138. The minimum Gasteiger partial charge on any atom is -0.480 e. The maximum Gasteiger partial charge on any atom is 0.322 e. The Morgan fingerprint density at radius 2 is 2.04 bits per heavy atom. The van der Waals surface area contributed by atoms with Gasteiger partial charge in [-0.05, 0) is 12.3 Å². The van der Waals surface area contributed by atoms with E-state index < -0.39 is 36.4 Å². The van der Waals surface area contributed by atoms with Gasteiger partial charge < -0.3 is 26.5 Å². The average molecular weight is 325 g/mol. The van der Waals surface area contributed by atoms with Crippen molar-refractivity contribution in [3.8, 4) is 0 Å². The molecule has 0 unspecified atom stereocenters. The number of carbonyl (C=O) groups excluding carboxylic acids is 2. The number of H-pyrrole nitrogens is 1. The zero-order valence-corrected chi connectivity index (χ0v) is 13.2. The summed E-state index contributed by atoms with van der Waals surface area (Å²) in [6.45, 7) is 3.30. The lowest BCUT2D eigenvalue weighted by Crippen LogP contribution is -2.53. The molecule has 1 heterocycles. The van der Waals surface area contributed by atoms with Crippen LogP contribution in [0.25, 0.3) is 0 Å². The van der Waals surface area contributed by atoms with E-state index in [4.69, 9.17) is 10.8 Å². The van der Waals surface area contributed by atoms with Crippen molar-refractivity contribution in [3.05, 3.63) is 18.2 Å². The number of amides is 2. The van der Waals surface area contributed by atoms with E-state index >= 15 is 0 Å². The normalized spacial score (nSPS) is 13.4. The predicted octanol–water partition coefficient (Wildman–Crippen LogP) is -0.989. The van der Waals surface area contributed by atoms with Crippen LogP contribution in [-0.2, 0) is 20.8 Å². The second-order valence-electron chi connectivity index (χ2n) is 5.69. The van der Waals surface area contributed by atoms with Gasteiger partial charge in [0.15, 0.2) is 0 Å². The van der Waals surface area contributed by atoms with E-state index in [0.717, 1.165) is 0 Å². The van der Waals surface area contributed by atoms with Crippen LogP contribution in [0.4, 0.5) is 0 Å². The highest BCUT2D eigenvalue weighted by Gasteiger charge is 2.25. The minimum absolute atomic E-state index is 0.139. The van der Waals surface area contributed by atoms with E-state index in [9.17, 15) is 14.4 Å². The third-order valence-electron chi connectivity index (χ3n) is 3.09. The number of aliphatic carboxylic acids is 1. The van der Waals surface area contributed by atoms with Crippen molar-refractivity contribution in [3.63, 3.8) is 0 Å². The number of carbonyl (C=O) groups is 3. The van der Waals surface area contributed by atoms with Crippen LogP contribution in [0.15, 0.2) is 12.5 Å². The van der Waals surface area contributed by atoms with Crippen LogP contribution < -0.4 is 16.4 Å². The average Bonchev–Trinajstić information content (AvgIpc) is 2.96. The van der Waals surface area contributed by atoms with Crippen molar-refractivity contribution in [2.45, 2.75) is 38.8 Å². The fraction of sp³-hybridized carbons (Fsp3) is 0.571. The largest absolute Gasteiger partial charge is 0.480 e. The molecule has 0 radical (unpaired) electrons. The summed E-state index contributed by atoms with van der Waals surface area (Å²) in [5.41, 5.74) is 6.54. The van der Waals surface area contributed by atoms with Gasteiger partial charge in [-0.2, -0.15) is 0 Å². The summed E-state index contributed by atoms with van der Waals surface area (Å²) in [5.74, 6) is -2.03. The van der Waals surface area contributed by atoms with Gasteiger partial charge in [0.25, 0.3) is 0 Å². The standard InChI is InChI=1S/C14H23N5O4/c1-8(2)3-11(14(23)17-6-12(20)21)19-13(22)10(15)4-9-5-16-7-18-9/h5,7-8,10-11H,3-4,6,15H2,1-2H3,(H,16,18)(H,17,23)(H,19,22)(H,20,21)/t10-,11-/m0/s1. The lowest BCUT2D eigenvalue weighted by Gasteiger charge is -2.21. The van der Waals surface area contributed by atoms with E-state index in [1.54, 1.807) is 6.20 Å². The number of carboxylic acid groups (broad SMARTS) is 1. The monoisotopic (exact) mass is 325 g/mol. The zero-order chi connectivity index (χ0) is 17.4. The number of hydrogen-bond donors (Lipinski definition) is 5. The highest BCUT2D eigenvalue weighted by atomic mass is 16.4. The molecule has 0 saturated heterocycles. The van der Waals surface area contributed by atoms with Crippen molar-refractivity contribution < 1.29 is 19.5 Å². The summed E-state index contributed by atoms with van der Waals surface area (Å²) in [4.78, 5) is 41.4. The molecule has 2 atom stereocenters. The number of carboxylic acids is 1. The summed E-state index contributed by atoms with van der Waals surface area (Å²) in [6, 6.07) is -1.66. The summed E-state index contributed by atoms with van der Waals surface area (Å²) in [7, 11) is 0. The van der Waals surface area contributed by atoms with Crippen molar-refractivity contribution in [2.75, 3.05) is 6.54 Å². The number of rotatable bonds is 9. The maximum absolute atomic E-state index is 12.1. The van der Waals surface area contributed by atoms with Crippen LogP contribution in [0.5, 0.6) is 0 Å². The number of imidazole rings is 1. The fourth-order valence-electron chi connectivity index (χ4n) is 1.99. The Bertz CT molecular complexity index is 529. The molecule has 9 heteroatoms. The number of hydrogen-bond acceptors (Lipinski definition) is 5. The fourth-order valence-corrected chi connectivity index (χ4v) is 1.99. The zero-order valence-electron chi connectivity index (χ0n) is 13.2. The molecule has 2 amide bonds. The maximum atomic E-state index is 12.1. The van der Waals surface area contributed by atoms with Gasteiger partial charge >= 0.3 is 5.97 Å². The quantitative estimate of drug-likeness (QED) is 0.393. The molecule has 6 N–H and O–H groups in total. The molecule has 23 heavy (non-hydrogen) atoms. The van der Waals surface area contributed by atoms with Crippen LogP contribution in [0.3, 0.4) is 0 Å². The molecule has 1 rings (SSSR count). The molecule has 0 spiro atoms. The smallest absolute Gasteiger partial charge is 0.322 e. The molecule has 0 bridgehead atoms. The Morgan fingerprint density at radius 3 is 2.57 bits per heavy atom. The van der Waals surface area contributed by atoms with Crippen LogP contribution in [-0.4, -0.2) is 51.5 Å². The topological polar surface area (TPSA) is 150 Å². The summed E-state index contributed by atoms with van der Waals surface area (Å²) in [5, 5.41) is 13.5. The third kappa shape index (κ3) is 6.92. The highest BCUT2D eigenvalue weighted by molar-refractivity contribution is 5.91. The first-order valence-corrected chi connectivity index (χ1v) is 7.32. The van der Waals surface area contributed by atoms with Gasteiger partial charge in [0.1, 0.15) is 12.6 Å². The third-order valence-corrected chi connectivity index (χ3v) is 3.09. The number of aromatic nitrogens is 2. The second kappa shape index (κ2) is 8.89. The van der Waals surface area contributed by atoms with Crippen molar-refractivity contribution in [1.29, 1.82) is 0 Å². The predicted molar refractivity (Wildman–Crippen MR) is 82.3 cm³/mol. The van der Waals surface area contributed by atoms with Crippen LogP contribution in [0.2, 0.25) is 0 Å². The minimum atomic E-state index is -1.15. The van der Waals surface area contributed by atoms with Crippen molar-refractivity contribution >= 4 is 17.8 Å². The number of aromatic amines is 1. The van der Waals surface area contributed by atoms with Crippen LogP contribution in [0.1, 0.15) is 26.0 Å². The van der Waals surface area contributed by atoms with E-state index in [1.165, 1.54) is 6.33 Å². The van der Waals surface area contributed by atoms with Crippen LogP contribution in [0, 0.1) is 5.92 Å². The van der Waals surface area contributed by atoms with E-state index in [-0.39, 0.29) is 12.3 Å².